The van der Waals surface area contributed by atoms with Crippen LogP contribution in [-0.4, -0.2) is 38.4 Å². The highest BCUT2D eigenvalue weighted by Gasteiger charge is 2.17. The Morgan fingerprint density at radius 3 is 2.34 bits per heavy atom. The summed E-state index contributed by atoms with van der Waals surface area (Å²) >= 11 is 0. The van der Waals surface area contributed by atoms with Crippen LogP contribution < -0.4 is 10.1 Å². The van der Waals surface area contributed by atoms with Gasteiger partial charge in [0, 0.05) is 35.8 Å². The van der Waals surface area contributed by atoms with Crippen molar-refractivity contribution in [3.63, 3.8) is 0 Å². The molecule has 0 aliphatic rings. The lowest BCUT2D eigenvalue weighted by Crippen LogP contribution is -2.20. The van der Waals surface area contributed by atoms with Gasteiger partial charge in [0.05, 0.1) is 5.69 Å². The molecule has 8 nitrogen and oxygen atoms in total. The Morgan fingerprint density at radius 1 is 0.947 bits per heavy atom. The summed E-state index contributed by atoms with van der Waals surface area (Å²) in [4.78, 5) is 23.6. The fourth-order valence-electron chi connectivity index (χ4n) is 4.00. The third-order valence-electron chi connectivity index (χ3n) is 5.84. The number of amides is 1. The molecule has 3 N–H and O–H groups in total. The van der Waals surface area contributed by atoms with Crippen LogP contribution in [0, 0.1) is 5.82 Å². The second-order valence-corrected chi connectivity index (χ2v) is 8.58. The Kier molecular flexibility index (Phi) is 6.99. The number of nitrogens with zero attached hydrogens (tertiary/aromatic N) is 2. The largest absolute Gasteiger partial charge is 0.484 e. The fraction of sp³-hybridized carbons (Fsp3) is 0.0690. The van der Waals surface area contributed by atoms with Crippen molar-refractivity contribution in [3.05, 3.63) is 114 Å². The predicted octanol–water partition coefficient (Wildman–Crippen LogP) is 5.45. The third-order valence-corrected chi connectivity index (χ3v) is 5.84. The number of halogens is 1. The quantitative estimate of drug-likeness (QED) is 0.244. The fourth-order valence-corrected chi connectivity index (χ4v) is 4.00. The van der Waals surface area contributed by atoms with Gasteiger partial charge in [-0.25, -0.2) is 9.18 Å². The average Bonchev–Trinajstić information content (AvgIpc) is 3.58. The molecule has 9 heteroatoms. The van der Waals surface area contributed by atoms with Crippen LogP contribution >= 0.6 is 0 Å². The minimum Gasteiger partial charge on any atom is -0.484 e. The summed E-state index contributed by atoms with van der Waals surface area (Å²) in [5, 5.41) is 18.8. The molecule has 2 aromatic heterocycles. The van der Waals surface area contributed by atoms with Crippen molar-refractivity contribution in [1.29, 1.82) is 0 Å². The number of aromatic nitrogens is 3. The van der Waals surface area contributed by atoms with Gasteiger partial charge in [-0.3, -0.25) is 9.89 Å². The number of hydrogen-bond acceptors (Lipinski definition) is 4. The molecule has 0 aliphatic heterocycles. The predicted molar refractivity (Wildman–Crippen MR) is 140 cm³/mol. The standard InChI is InChI=1S/C29H23FN4O4/c30-21-10-6-19(7-11-21)15-34-16-24(25(17-34)26-14-27(29(36)37)33-32-26)20-8-12-23(13-9-20)38-18-28(35)31-22-4-2-1-3-5-22/h1-14,16-17H,15,18H2,(H,31,35)(H,32,33)(H,36,37). The lowest BCUT2D eigenvalue weighted by molar-refractivity contribution is -0.118. The molecule has 0 fully saturated rings. The van der Waals surface area contributed by atoms with Gasteiger partial charge in [-0.1, -0.05) is 42.5 Å². The molecule has 5 rings (SSSR count). The Hall–Kier alpha value is -5.18. The monoisotopic (exact) mass is 510 g/mol. The van der Waals surface area contributed by atoms with Gasteiger partial charge in [-0.2, -0.15) is 5.10 Å². The minimum absolute atomic E-state index is 0.0187. The molecular formula is C29H23FN4O4. The molecule has 190 valence electrons. The summed E-state index contributed by atoms with van der Waals surface area (Å²) in [5.74, 6) is -1.15. The summed E-state index contributed by atoms with van der Waals surface area (Å²) in [6.45, 7) is 0.347. The summed E-state index contributed by atoms with van der Waals surface area (Å²) in [6, 6.07) is 24.1. The number of H-pyrrole nitrogens is 1. The van der Waals surface area contributed by atoms with Crippen LogP contribution in [0.3, 0.4) is 0 Å². The maximum absolute atomic E-state index is 13.3. The number of hydrogen-bond donors (Lipinski definition) is 3. The number of ether oxygens (including phenoxy) is 1. The first-order valence-corrected chi connectivity index (χ1v) is 11.8. The van der Waals surface area contributed by atoms with Crippen LogP contribution in [0.15, 0.2) is 97.3 Å². The number of anilines is 1. The molecule has 0 aliphatic carbocycles. The topological polar surface area (TPSA) is 109 Å². The van der Waals surface area contributed by atoms with Crippen LogP contribution in [0.1, 0.15) is 16.1 Å². The molecule has 0 unspecified atom stereocenters. The van der Waals surface area contributed by atoms with Crippen molar-refractivity contribution < 1.29 is 23.8 Å². The second-order valence-electron chi connectivity index (χ2n) is 8.58. The van der Waals surface area contributed by atoms with Gasteiger partial charge in [0.25, 0.3) is 5.91 Å². The molecule has 38 heavy (non-hydrogen) atoms. The van der Waals surface area contributed by atoms with Crippen LogP contribution in [0.2, 0.25) is 0 Å². The van der Waals surface area contributed by atoms with Gasteiger partial charge >= 0.3 is 5.97 Å². The smallest absolute Gasteiger partial charge is 0.353 e. The van der Waals surface area contributed by atoms with Gasteiger partial charge in [0.15, 0.2) is 6.61 Å². The highest BCUT2D eigenvalue weighted by Crippen LogP contribution is 2.34. The highest BCUT2D eigenvalue weighted by molar-refractivity contribution is 5.92. The molecule has 2 heterocycles. The second kappa shape index (κ2) is 10.8. The Morgan fingerprint density at radius 2 is 1.66 bits per heavy atom. The maximum atomic E-state index is 13.3. The number of carboxylic acid groups (broad SMARTS) is 1. The van der Waals surface area contributed by atoms with Crippen molar-refractivity contribution >= 4 is 17.6 Å². The van der Waals surface area contributed by atoms with E-state index in [0.717, 1.165) is 22.3 Å². The molecule has 3 aromatic carbocycles. The maximum Gasteiger partial charge on any atom is 0.353 e. The van der Waals surface area contributed by atoms with Crippen LogP contribution in [0.25, 0.3) is 22.4 Å². The van der Waals surface area contributed by atoms with Gasteiger partial charge in [-0.15, -0.1) is 0 Å². The normalized spacial score (nSPS) is 10.8. The molecule has 1 amide bonds. The first-order valence-electron chi connectivity index (χ1n) is 11.8. The number of carbonyl (C=O) groups is 2. The van der Waals surface area contributed by atoms with Crippen molar-refractivity contribution in [2.24, 2.45) is 0 Å². The van der Waals surface area contributed by atoms with Gasteiger partial charge in [-0.05, 0) is 53.6 Å². The number of para-hydroxylation sites is 1. The minimum atomic E-state index is -1.10. The number of carbonyl (C=O) groups excluding carboxylic acids is 1. The number of carboxylic acids is 1. The first-order chi connectivity index (χ1) is 18.4. The summed E-state index contributed by atoms with van der Waals surface area (Å²) in [5.41, 5.74) is 4.46. The Bertz CT molecular complexity index is 1560. The van der Waals surface area contributed by atoms with E-state index in [0.29, 0.717) is 23.7 Å². The van der Waals surface area contributed by atoms with E-state index in [4.69, 9.17) is 4.74 Å². The first kappa shape index (κ1) is 24.5. The van der Waals surface area contributed by atoms with E-state index < -0.39 is 5.97 Å². The van der Waals surface area contributed by atoms with Crippen molar-refractivity contribution in [3.8, 4) is 28.1 Å². The van der Waals surface area contributed by atoms with Gasteiger partial charge in [0.1, 0.15) is 17.3 Å². The van der Waals surface area contributed by atoms with E-state index in [1.807, 2.05) is 47.3 Å². The summed E-state index contributed by atoms with van der Waals surface area (Å²) in [6.07, 6.45) is 3.80. The van der Waals surface area contributed by atoms with Crippen LogP contribution in [0.5, 0.6) is 5.75 Å². The number of benzene rings is 3. The van der Waals surface area contributed by atoms with Gasteiger partial charge in [0.2, 0.25) is 0 Å². The molecule has 0 saturated carbocycles. The molecule has 0 radical (unpaired) electrons. The molecule has 0 atom stereocenters. The van der Waals surface area contributed by atoms with Crippen molar-refractivity contribution in [2.45, 2.75) is 6.54 Å². The summed E-state index contributed by atoms with van der Waals surface area (Å²) in [7, 11) is 0. The van der Waals surface area contributed by atoms with Crippen molar-refractivity contribution in [2.75, 3.05) is 11.9 Å². The van der Waals surface area contributed by atoms with E-state index in [1.165, 1.54) is 18.2 Å². The number of rotatable bonds is 9. The lowest BCUT2D eigenvalue weighted by Gasteiger charge is -2.08. The van der Waals surface area contributed by atoms with Crippen molar-refractivity contribution in [1.82, 2.24) is 14.8 Å². The molecule has 0 spiro atoms. The van der Waals surface area contributed by atoms with Crippen LogP contribution in [0.4, 0.5) is 10.1 Å². The van der Waals surface area contributed by atoms with E-state index in [2.05, 4.69) is 15.5 Å². The molecule has 5 aromatic rings. The van der Waals surface area contributed by atoms with E-state index >= 15 is 0 Å². The SMILES string of the molecule is O=C(COc1ccc(-c2cn(Cc3ccc(F)cc3)cc2-c2cc(C(=O)O)[nH]n2)cc1)Nc1ccccc1. The Labute approximate surface area is 217 Å². The zero-order valence-corrected chi connectivity index (χ0v) is 20.1. The summed E-state index contributed by atoms with van der Waals surface area (Å²) < 4.78 is 20.9. The Balaban J connectivity index is 1.36. The molecule has 0 saturated heterocycles. The van der Waals surface area contributed by atoms with Gasteiger partial charge < -0.3 is 19.7 Å². The highest BCUT2D eigenvalue weighted by atomic mass is 19.1. The van der Waals surface area contributed by atoms with Crippen LogP contribution in [-0.2, 0) is 11.3 Å². The van der Waals surface area contributed by atoms with E-state index in [9.17, 15) is 19.1 Å². The number of aromatic amines is 1. The van der Waals surface area contributed by atoms with E-state index in [1.54, 1.807) is 36.4 Å². The lowest BCUT2D eigenvalue weighted by atomic mass is 10.0. The number of aromatic carboxylic acids is 1. The zero-order chi connectivity index (χ0) is 26.5. The number of nitrogens with one attached hydrogen (secondary N) is 2. The third kappa shape index (κ3) is 5.79. The molecule has 0 bridgehead atoms. The zero-order valence-electron chi connectivity index (χ0n) is 20.1. The van der Waals surface area contributed by atoms with E-state index in [-0.39, 0.29) is 24.0 Å². The molecular weight excluding hydrogens is 487 g/mol. The average molecular weight is 511 g/mol.